The van der Waals surface area contributed by atoms with E-state index in [-0.39, 0.29) is 17.7 Å². The van der Waals surface area contributed by atoms with Gasteiger partial charge in [0, 0.05) is 25.6 Å². The summed E-state index contributed by atoms with van der Waals surface area (Å²) in [7, 11) is 0. The van der Waals surface area contributed by atoms with Crippen LogP contribution >= 0.6 is 0 Å². The molecule has 2 atom stereocenters. The second kappa shape index (κ2) is 6.39. The van der Waals surface area contributed by atoms with E-state index in [1.165, 1.54) is 18.2 Å². The Morgan fingerprint density at radius 1 is 1.26 bits per heavy atom. The van der Waals surface area contributed by atoms with Crippen molar-refractivity contribution in [2.75, 3.05) is 25.0 Å². The zero-order valence-corrected chi connectivity index (χ0v) is 12.6. The molecule has 0 radical (unpaired) electrons. The number of alkyl halides is 3. The number of piperidine rings is 1. The van der Waals surface area contributed by atoms with Gasteiger partial charge in [-0.15, -0.1) is 0 Å². The first-order valence-electron chi connectivity index (χ1n) is 7.79. The molecule has 2 saturated heterocycles. The number of hydrogen-bond donors (Lipinski definition) is 1. The molecular weight excluding hydrogens is 309 g/mol. The number of urea groups is 1. The number of nitrogens with one attached hydrogen (secondary N) is 1. The molecule has 0 unspecified atom stereocenters. The van der Waals surface area contributed by atoms with Crippen LogP contribution in [0.25, 0.3) is 0 Å². The number of fused-ring (bicyclic) bond motifs is 1. The molecule has 2 amide bonds. The van der Waals surface area contributed by atoms with Gasteiger partial charge in [0.15, 0.2) is 0 Å². The average molecular weight is 328 g/mol. The molecule has 2 heterocycles. The third-order valence-electron chi connectivity index (χ3n) is 4.48. The van der Waals surface area contributed by atoms with Gasteiger partial charge >= 0.3 is 12.2 Å². The van der Waals surface area contributed by atoms with E-state index in [1.807, 2.05) is 0 Å². The Morgan fingerprint density at radius 3 is 2.83 bits per heavy atom. The lowest BCUT2D eigenvalue weighted by Crippen LogP contribution is -2.49. The summed E-state index contributed by atoms with van der Waals surface area (Å²) < 4.78 is 44.6. The molecule has 23 heavy (non-hydrogen) atoms. The molecule has 0 saturated carbocycles. The van der Waals surface area contributed by atoms with Gasteiger partial charge in [-0.05, 0) is 31.4 Å². The van der Waals surface area contributed by atoms with E-state index >= 15 is 0 Å². The van der Waals surface area contributed by atoms with Crippen molar-refractivity contribution in [3.05, 3.63) is 29.8 Å². The fourth-order valence-corrected chi connectivity index (χ4v) is 3.31. The third kappa shape index (κ3) is 3.60. The van der Waals surface area contributed by atoms with Gasteiger partial charge in [0.1, 0.15) is 0 Å². The van der Waals surface area contributed by atoms with Gasteiger partial charge in [-0.2, -0.15) is 13.2 Å². The van der Waals surface area contributed by atoms with Gasteiger partial charge in [-0.25, -0.2) is 4.79 Å². The fourth-order valence-electron chi connectivity index (χ4n) is 3.31. The number of likely N-dealkylation sites (tertiary alicyclic amines) is 1. The number of para-hydroxylation sites is 1. The fraction of sp³-hybridized carbons (Fsp3) is 0.562. The van der Waals surface area contributed by atoms with Crippen LogP contribution in [-0.2, 0) is 10.9 Å². The summed E-state index contributed by atoms with van der Waals surface area (Å²) in [6, 6.07) is 4.55. The molecule has 7 heteroatoms. The average Bonchev–Trinajstić information content (AvgIpc) is 2.54. The molecule has 0 bridgehead atoms. The number of halogens is 3. The lowest BCUT2D eigenvalue weighted by atomic mass is 9.89. The van der Waals surface area contributed by atoms with E-state index in [4.69, 9.17) is 4.74 Å². The number of rotatable bonds is 1. The molecule has 1 N–H and O–H groups in total. The number of carbonyl (C=O) groups excluding carboxylic acids is 1. The predicted octanol–water partition coefficient (Wildman–Crippen LogP) is 3.74. The van der Waals surface area contributed by atoms with Crippen molar-refractivity contribution in [3.8, 4) is 0 Å². The van der Waals surface area contributed by atoms with Gasteiger partial charge in [0.25, 0.3) is 0 Å². The SMILES string of the molecule is O=C(Nc1ccccc1C(F)(F)F)N1CC[C@H]2OCCC[C@@H]2C1. The molecule has 2 fully saturated rings. The first-order valence-corrected chi connectivity index (χ1v) is 7.79. The Hall–Kier alpha value is -1.76. The molecular formula is C16H19F3N2O2. The highest BCUT2D eigenvalue weighted by Crippen LogP contribution is 2.35. The molecule has 1 aromatic rings. The highest BCUT2D eigenvalue weighted by Gasteiger charge is 2.36. The molecule has 4 nitrogen and oxygen atoms in total. The molecule has 0 aliphatic carbocycles. The molecule has 2 aliphatic rings. The van der Waals surface area contributed by atoms with Gasteiger partial charge in [0.05, 0.1) is 17.4 Å². The maximum absolute atomic E-state index is 13.0. The van der Waals surface area contributed by atoms with E-state index < -0.39 is 17.8 Å². The Bertz CT molecular complexity index is 577. The summed E-state index contributed by atoms with van der Waals surface area (Å²) in [5.74, 6) is 0.279. The Morgan fingerprint density at radius 2 is 2.04 bits per heavy atom. The smallest absolute Gasteiger partial charge is 0.378 e. The van der Waals surface area contributed by atoms with Gasteiger partial charge in [-0.3, -0.25) is 0 Å². The highest BCUT2D eigenvalue weighted by atomic mass is 19.4. The van der Waals surface area contributed by atoms with Crippen LogP contribution in [0.1, 0.15) is 24.8 Å². The number of amides is 2. The van der Waals surface area contributed by atoms with E-state index in [0.29, 0.717) is 13.1 Å². The number of carbonyl (C=O) groups is 1. The third-order valence-corrected chi connectivity index (χ3v) is 4.48. The van der Waals surface area contributed by atoms with Crippen molar-refractivity contribution in [2.24, 2.45) is 5.92 Å². The second-order valence-electron chi connectivity index (χ2n) is 6.02. The maximum Gasteiger partial charge on any atom is 0.418 e. The van der Waals surface area contributed by atoms with E-state index in [2.05, 4.69) is 5.32 Å². The van der Waals surface area contributed by atoms with Crippen LogP contribution in [-0.4, -0.2) is 36.7 Å². The first-order chi connectivity index (χ1) is 10.9. The molecule has 0 spiro atoms. The van der Waals surface area contributed by atoms with Crippen LogP contribution in [0.5, 0.6) is 0 Å². The lowest BCUT2D eigenvalue weighted by molar-refractivity contribution is -0.136. The zero-order chi connectivity index (χ0) is 16.4. The summed E-state index contributed by atoms with van der Waals surface area (Å²) in [6.07, 6.45) is -1.62. The first kappa shape index (κ1) is 16.1. The van der Waals surface area contributed by atoms with E-state index in [1.54, 1.807) is 4.90 Å². The molecule has 1 aromatic carbocycles. The number of benzene rings is 1. The summed E-state index contributed by atoms with van der Waals surface area (Å²) >= 11 is 0. The largest absolute Gasteiger partial charge is 0.418 e. The Labute approximate surface area is 132 Å². The van der Waals surface area contributed by atoms with Gasteiger partial charge in [0.2, 0.25) is 0 Å². The Kier molecular flexibility index (Phi) is 4.48. The second-order valence-corrected chi connectivity index (χ2v) is 6.02. The van der Waals surface area contributed by atoms with Crippen molar-refractivity contribution in [2.45, 2.75) is 31.5 Å². The maximum atomic E-state index is 13.0. The summed E-state index contributed by atoms with van der Waals surface area (Å²) in [5.41, 5.74) is -1.03. The molecule has 3 rings (SSSR count). The van der Waals surface area contributed by atoms with Crippen LogP contribution in [0.3, 0.4) is 0 Å². The monoisotopic (exact) mass is 328 g/mol. The standard InChI is InChI=1S/C16H19F3N2O2/c17-16(18,19)12-5-1-2-6-13(12)20-15(22)21-8-7-14-11(10-21)4-3-9-23-14/h1-2,5-6,11,14H,3-4,7-10H2,(H,20,22)/t11-,14-/m1/s1. The normalized spacial score (nSPS) is 24.9. The summed E-state index contributed by atoms with van der Waals surface area (Å²) in [5, 5.41) is 2.41. The van der Waals surface area contributed by atoms with Crippen LogP contribution in [0.2, 0.25) is 0 Å². The minimum absolute atomic E-state index is 0.176. The van der Waals surface area contributed by atoms with Crippen molar-refractivity contribution in [3.63, 3.8) is 0 Å². The number of ether oxygens (including phenoxy) is 1. The minimum atomic E-state index is -4.49. The van der Waals surface area contributed by atoms with Crippen molar-refractivity contribution in [1.29, 1.82) is 0 Å². The van der Waals surface area contributed by atoms with Crippen molar-refractivity contribution < 1.29 is 22.7 Å². The number of nitrogens with zero attached hydrogens (tertiary/aromatic N) is 1. The zero-order valence-electron chi connectivity index (χ0n) is 12.6. The highest BCUT2D eigenvalue weighted by molar-refractivity contribution is 5.90. The van der Waals surface area contributed by atoms with E-state index in [9.17, 15) is 18.0 Å². The minimum Gasteiger partial charge on any atom is -0.378 e. The predicted molar refractivity (Wildman–Crippen MR) is 79.1 cm³/mol. The van der Waals surface area contributed by atoms with Crippen LogP contribution < -0.4 is 5.32 Å². The number of anilines is 1. The quantitative estimate of drug-likeness (QED) is 0.853. The Balaban J connectivity index is 1.68. The lowest BCUT2D eigenvalue weighted by Gasteiger charge is -2.40. The topological polar surface area (TPSA) is 41.6 Å². The van der Waals surface area contributed by atoms with Gasteiger partial charge in [-0.1, -0.05) is 12.1 Å². The molecule has 2 aliphatic heterocycles. The molecule has 126 valence electrons. The van der Waals surface area contributed by atoms with Crippen molar-refractivity contribution in [1.82, 2.24) is 4.90 Å². The van der Waals surface area contributed by atoms with Crippen LogP contribution in [0.15, 0.2) is 24.3 Å². The van der Waals surface area contributed by atoms with Gasteiger partial charge < -0.3 is 15.0 Å². The van der Waals surface area contributed by atoms with Crippen LogP contribution in [0.4, 0.5) is 23.7 Å². The molecule has 0 aromatic heterocycles. The van der Waals surface area contributed by atoms with Crippen LogP contribution in [0, 0.1) is 5.92 Å². The summed E-state index contributed by atoms with van der Waals surface area (Å²) in [4.78, 5) is 13.9. The number of hydrogen-bond acceptors (Lipinski definition) is 2. The van der Waals surface area contributed by atoms with Crippen molar-refractivity contribution >= 4 is 11.7 Å². The summed E-state index contributed by atoms with van der Waals surface area (Å²) in [6.45, 7) is 1.79. The van der Waals surface area contributed by atoms with E-state index in [0.717, 1.165) is 31.9 Å².